The highest BCUT2D eigenvalue weighted by molar-refractivity contribution is 7.86. The van der Waals surface area contributed by atoms with Gasteiger partial charge in [-0.25, -0.2) is 0 Å². The summed E-state index contributed by atoms with van der Waals surface area (Å²) in [5, 5.41) is -4.45. The molecule has 0 radical (unpaired) electrons. The fraction of sp³-hybridized carbons (Fsp3) is 0.900. The molecule has 1 saturated carbocycles. The first-order valence-electron chi connectivity index (χ1n) is 5.73. The molecule has 0 aromatic rings. The summed E-state index contributed by atoms with van der Waals surface area (Å²) >= 11 is 0. The van der Waals surface area contributed by atoms with Crippen LogP contribution in [0.4, 0.5) is 8.78 Å². The molecule has 106 valence electrons. The molecule has 0 aromatic heterocycles. The van der Waals surface area contributed by atoms with Crippen molar-refractivity contribution in [2.45, 2.75) is 43.8 Å². The molecule has 1 N–H and O–H groups in total. The Kier molecular flexibility index (Phi) is 5.03. The molecule has 0 aliphatic heterocycles. The SMILES string of the molecule is O=C(CC1CCCCC1)OCC(F)(F)S(=O)(=O)O. The average Bonchev–Trinajstić information content (AvgIpc) is 2.26. The number of halogens is 2. The highest BCUT2D eigenvalue weighted by Crippen LogP contribution is 2.27. The fourth-order valence-electron chi connectivity index (χ4n) is 1.92. The van der Waals surface area contributed by atoms with Gasteiger partial charge in [-0.3, -0.25) is 9.35 Å². The summed E-state index contributed by atoms with van der Waals surface area (Å²) in [6, 6.07) is 0. The van der Waals surface area contributed by atoms with Gasteiger partial charge in [0.15, 0.2) is 6.61 Å². The summed E-state index contributed by atoms with van der Waals surface area (Å²) in [6.45, 7) is -1.64. The van der Waals surface area contributed by atoms with E-state index < -0.39 is 27.9 Å². The number of hydrogen-bond acceptors (Lipinski definition) is 4. The largest absolute Gasteiger partial charge is 0.458 e. The average molecular weight is 286 g/mol. The quantitative estimate of drug-likeness (QED) is 0.617. The summed E-state index contributed by atoms with van der Waals surface area (Å²) in [5.41, 5.74) is 0. The first kappa shape index (κ1) is 15.3. The van der Waals surface area contributed by atoms with Gasteiger partial charge in [0.1, 0.15) is 0 Å². The maximum absolute atomic E-state index is 12.8. The highest BCUT2D eigenvalue weighted by Gasteiger charge is 2.45. The second kappa shape index (κ2) is 5.92. The number of esters is 1. The van der Waals surface area contributed by atoms with Crippen LogP contribution in [0.1, 0.15) is 38.5 Å². The number of rotatable bonds is 5. The van der Waals surface area contributed by atoms with Gasteiger partial charge in [0.05, 0.1) is 0 Å². The minimum absolute atomic E-state index is 0.0154. The molecular weight excluding hydrogens is 270 g/mol. The van der Waals surface area contributed by atoms with Gasteiger partial charge in [0.25, 0.3) is 0 Å². The van der Waals surface area contributed by atoms with Crippen molar-refractivity contribution in [3.8, 4) is 0 Å². The molecule has 18 heavy (non-hydrogen) atoms. The van der Waals surface area contributed by atoms with Crippen LogP contribution in [0.3, 0.4) is 0 Å². The normalized spacial score (nSPS) is 18.6. The second-order valence-corrected chi connectivity index (χ2v) is 6.03. The van der Waals surface area contributed by atoms with Gasteiger partial charge in [0.2, 0.25) is 0 Å². The highest BCUT2D eigenvalue weighted by atomic mass is 32.2. The summed E-state index contributed by atoms with van der Waals surface area (Å²) in [6.07, 6.45) is 4.82. The van der Waals surface area contributed by atoms with Gasteiger partial charge in [-0.05, 0) is 18.8 Å². The van der Waals surface area contributed by atoms with Crippen molar-refractivity contribution in [2.24, 2.45) is 5.92 Å². The Morgan fingerprint density at radius 3 is 2.33 bits per heavy atom. The first-order chi connectivity index (χ1) is 8.22. The van der Waals surface area contributed by atoms with Crippen molar-refractivity contribution < 1.29 is 31.3 Å². The molecule has 0 heterocycles. The molecule has 1 fully saturated rings. The summed E-state index contributed by atoms with van der Waals surface area (Å²) in [5.74, 6) is -0.740. The van der Waals surface area contributed by atoms with Crippen LogP contribution in [0.25, 0.3) is 0 Å². The van der Waals surface area contributed by atoms with Gasteiger partial charge in [0, 0.05) is 6.42 Å². The molecule has 5 nitrogen and oxygen atoms in total. The van der Waals surface area contributed by atoms with Crippen LogP contribution in [0.15, 0.2) is 0 Å². The van der Waals surface area contributed by atoms with Crippen LogP contribution in [0.5, 0.6) is 0 Å². The smallest absolute Gasteiger partial charge is 0.402 e. The number of alkyl halides is 2. The van der Waals surface area contributed by atoms with Crippen molar-refractivity contribution in [3.63, 3.8) is 0 Å². The lowest BCUT2D eigenvalue weighted by atomic mass is 9.87. The molecule has 1 aliphatic carbocycles. The van der Waals surface area contributed by atoms with Crippen LogP contribution >= 0.6 is 0 Å². The number of hydrogen-bond donors (Lipinski definition) is 1. The van der Waals surface area contributed by atoms with Crippen LogP contribution in [0.2, 0.25) is 0 Å². The van der Waals surface area contributed by atoms with Crippen LogP contribution in [-0.4, -0.2) is 30.8 Å². The van der Waals surface area contributed by atoms with Gasteiger partial charge >= 0.3 is 21.3 Å². The van der Waals surface area contributed by atoms with E-state index >= 15 is 0 Å². The Morgan fingerprint density at radius 2 is 1.83 bits per heavy atom. The standard InChI is InChI=1S/C10H16F2O5S/c11-10(12,18(14,15)16)7-17-9(13)6-8-4-2-1-3-5-8/h8H,1-7H2,(H,14,15,16). The molecule has 0 atom stereocenters. The van der Waals surface area contributed by atoms with E-state index in [0.29, 0.717) is 0 Å². The van der Waals surface area contributed by atoms with Crippen LogP contribution in [-0.2, 0) is 19.6 Å². The van der Waals surface area contributed by atoms with Gasteiger partial charge < -0.3 is 4.74 Å². The topological polar surface area (TPSA) is 80.7 Å². The van der Waals surface area contributed by atoms with Crippen molar-refractivity contribution in [1.82, 2.24) is 0 Å². The summed E-state index contributed by atoms with van der Waals surface area (Å²) in [4.78, 5) is 11.3. The molecule has 0 aromatic carbocycles. The Morgan fingerprint density at radius 1 is 1.28 bits per heavy atom. The van der Waals surface area contributed by atoms with Gasteiger partial charge in [-0.2, -0.15) is 17.2 Å². The summed E-state index contributed by atoms with van der Waals surface area (Å²) in [7, 11) is -5.54. The maximum atomic E-state index is 12.8. The van der Waals surface area contributed by atoms with Crippen molar-refractivity contribution in [2.75, 3.05) is 6.61 Å². The van der Waals surface area contributed by atoms with Crippen molar-refractivity contribution in [1.29, 1.82) is 0 Å². The van der Waals surface area contributed by atoms with E-state index in [9.17, 15) is 22.0 Å². The summed E-state index contributed by atoms with van der Waals surface area (Å²) < 4.78 is 58.5. The molecule has 0 spiro atoms. The molecular formula is C10H16F2O5S. The van der Waals surface area contributed by atoms with Crippen LogP contribution in [0, 0.1) is 5.92 Å². The van der Waals surface area contributed by atoms with Crippen LogP contribution < -0.4 is 0 Å². The third kappa shape index (κ3) is 4.49. The van der Waals surface area contributed by atoms with Crippen molar-refractivity contribution in [3.05, 3.63) is 0 Å². The molecule has 1 aliphatic rings. The third-order valence-electron chi connectivity index (χ3n) is 2.96. The van der Waals surface area contributed by atoms with Gasteiger partial charge in [-0.15, -0.1) is 0 Å². The van der Waals surface area contributed by atoms with Crippen molar-refractivity contribution >= 4 is 16.1 Å². The molecule has 0 bridgehead atoms. The monoisotopic (exact) mass is 286 g/mol. The Bertz CT molecular complexity index is 387. The maximum Gasteiger partial charge on any atom is 0.402 e. The number of carbonyl (C=O) groups excluding carboxylic acids is 1. The van der Waals surface area contributed by atoms with E-state index in [-0.39, 0.29) is 12.3 Å². The Labute approximate surface area is 104 Å². The zero-order valence-electron chi connectivity index (χ0n) is 9.77. The molecule has 1 rings (SSSR count). The molecule has 0 unspecified atom stereocenters. The predicted octanol–water partition coefficient (Wildman–Crippen LogP) is 1.98. The van der Waals surface area contributed by atoms with E-state index in [1.165, 1.54) is 0 Å². The first-order valence-corrected chi connectivity index (χ1v) is 7.17. The minimum atomic E-state index is -5.54. The minimum Gasteiger partial charge on any atom is -0.458 e. The van der Waals surface area contributed by atoms with Gasteiger partial charge in [-0.1, -0.05) is 19.3 Å². The predicted molar refractivity (Wildman–Crippen MR) is 58.6 cm³/mol. The fourth-order valence-corrected chi connectivity index (χ4v) is 2.13. The third-order valence-corrected chi connectivity index (χ3v) is 3.83. The Balaban J connectivity index is 2.37. The zero-order valence-corrected chi connectivity index (χ0v) is 10.6. The second-order valence-electron chi connectivity index (χ2n) is 4.48. The molecule has 0 saturated heterocycles. The number of carbonyl (C=O) groups is 1. The molecule has 0 amide bonds. The van der Waals surface area contributed by atoms with E-state index in [0.717, 1.165) is 32.1 Å². The molecule has 8 heteroatoms. The number of ether oxygens (including phenoxy) is 1. The lowest BCUT2D eigenvalue weighted by Gasteiger charge is -2.21. The van der Waals surface area contributed by atoms with E-state index in [1.807, 2.05) is 0 Å². The van der Waals surface area contributed by atoms with E-state index in [2.05, 4.69) is 4.74 Å². The lowest BCUT2D eigenvalue weighted by Crippen LogP contribution is -2.34. The van der Waals surface area contributed by atoms with E-state index in [1.54, 1.807) is 0 Å². The zero-order chi connectivity index (χ0) is 13.8. The van der Waals surface area contributed by atoms with E-state index in [4.69, 9.17) is 4.55 Å². The lowest BCUT2D eigenvalue weighted by molar-refractivity contribution is -0.151. The Hall–Kier alpha value is -0.760.